The van der Waals surface area contributed by atoms with Gasteiger partial charge in [0.2, 0.25) is 0 Å². The van der Waals surface area contributed by atoms with E-state index in [0.29, 0.717) is 13.1 Å². The molecular weight excluding hydrogens is 297 g/mol. The Balaban J connectivity index is 1.58. The highest BCUT2D eigenvalue weighted by atomic mass is 19.1. The Morgan fingerprint density at radius 1 is 1.48 bits per heavy atom. The normalized spacial score (nSPS) is 18.0. The van der Waals surface area contributed by atoms with E-state index < -0.39 is 0 Å². The molecule has 0 radical (unpaired) electrons. The zero-order valence-corrected chi connectivity index (χ0v) is 13.1. The lowest BCUT2D eigenvalue weighted by Gasteiger charge is -2.32. The third-order valence-corrected chi connectivity index (χ3v) is 4.15. The third-order valence-electron chi connectivity index (χ3n) is 4.15. The average Bonchev–Trinajstić information content (AvgIpc) is 2.99. The molecule has 1 saturated heterocycles. The Bertz CT molecular complexity index is 687. The second-order valence-electron chi connectivity index (χ2n) is 5.87. The van der Waals surface area contributed by atoms with Crippen molar-refractivity contribution in [3.05, 3.63) is 47.8 Å². The van der Waals surface area contributed by atoms with E-state index >= 15 is 0 Å². The fraction of sp³-hybridized carbons (Fsp3) is 0.438. The lowest BCUT2D eigenvalue weighted by Crippen LogP contribution is -2.45. The van der Waals surface area contributed by atoms with Crippen molar-refractivity contribution in [1.82, 2.24) is 25.0 Å². The van der Waals surface area contributed by atoms with Crippen LogP contribution >= 0.6 is 0 Å². The summed E-state index contributed by atoms with van der Waals surface area (Å²) < 4.78 is 15.1. The van der Waals surface area contributed by atoms with Gasteiger partial charge in [0.05, 0.1) is 0 Å². The van der Waals surface area contributed by atoms with Crippen LogP contribution in [0.4, 0.5) is 9.18 Å². The van der Waals surface area contributed by atoms with Crippen LogP contribution in [-0.4, -0.2) is 38.8 Å². The zero-order chi connectivity index (χ0) is 16.2. The van der Waals surface area contributed by atoms with Crippen molar-refractivity contribution < 1.29 is 9.18 Å². The standard InChI is InChI=1S/C16H20FN5O/c1-21-11-19-20-15(21)13-5-3-7-22(10-13)16(23)18-9-12-4-2-6-14(17)8-12/h2,4,6,8,11,13H,3,5,7,9-10H2,1H3,(H,18,23)/t13-/m0/s1. The highest BCUT2D eigenvalue weighted by Gasteiger charge is 2.27. The number of carbonyl (C=O) groups excluding carboxylic acids is 1. The molecule has 2 amide bonds. The molecule has 1 N–H and O–H groups in total. The molecule has 7 heteroatoms. The van der Waals surface area contributed by atoms with E-state index in [1.807, 2.05) is 11.6 Å². The molecule has 1 aliphatic heterocycles. The van der Waals surface area contributed by atoms with Crippen molar-refractivity contribution in [3.8, 4) is 0 Å². The van der Waals surface area contributed by atoms with Crippen LogP contribution in [0, 0.1) is 5.82 Å². The van der Waals surface area contributed by atoms with Crippen molar-refractivity contribution in [2.45, 2.75) is 25.3 Å². The SMILES string of the molecule is Cn1cnnc1[C@H]1CCCN(C(=O)NCc2cccc(F)c2)C1. The van der Waals surface area contributed by atoms with E-state index in [4.69, 9.17) is 0 Å². The highest BCUT2D eigenvalue weighted by Crippen LogP contribution is 2.24. The van der Waals surface area contributed by atoms with E-state index in [2.05, 4.69) is 15.5 Å². The predicted molar refractivity (Wildman–Crippen MR) is 83.2 cm³/mol. The molecule has 1 aromatic heterocycles. The molecule has 6 nitrogen and oxygen atoms in total. The number of nitrogens with zero attached hydrogens (tertiary/aromatic N) is 4. The van der Waals surface area contributed by atoms with Gasteiger partial charge >= 0.3 is 6.03 Å². The van der Waals surface area contributed by atoms with E-state index in [-0.39, 0.29) is 17.8 Å². The number of benzene rings is 1. The lowest BCUT2D eigenvalue weighted by molar-refractivity contribution is 0.177. The van der Waals surface area contributed by atoms with Crippen LogP contribution in [0.3, 0.4) is 0 Å². The van der Waals surface area contributed by atoms with Crippen LogP contribution in [0.15, 0.2) is 30.6 Å². The van der Waals surface area contributed by atoms with Gasteiger partial charge in [-0.05, 0) is 30.5 Å². The third kappa shape index (κ3) is 3.67. The minimum absolute atomic E-state index is 0.124. The van der Waals surface area contributed by atoms with Crippen LogP contribution in [-0.2, 0) is 13.6 Å². The number of aromatic nitrogens is 3. The summed E-state index contributed by atoms with van der Waals surface area (Å²) >= 11 is 0. The smallest absolute Gasteiger partial charge is 0.317 e. The summed E-state index contributed by atoms with van der Waals surface area (Å²) in [5, 5.41) is 10.9. The van der Waals surface area contributed by atoms with E-state index in [1.54, 1.807) is 23.4 Å². The maximum Gasteiger partial charge on any atom is 0.317 e. The average molecular weight is 317 g/mol. The summed E-state index contributed by atoms with van der Waals surface area (Å²) in [7, 11) is 1.91. The number of halogens is 1. The van der Waals surface area contributed by atoms with Crippen molar-refractivity contribution in [2.75, 3.05) is 13.1 Å². The first-order valence-electron chi connectivity index (χ1n) is 7.74. The molecule has 2 heterocycles. The maximum atomic E-state index is 13.2. The predicted octanol–water partition coefficient (Wildman–Crippen LogP) is 2.04. The fourth-order valence-corrected chi connectivity index (χ4v) is 2.97. The van der Waals surface area contributed by atoms with Gasteiger partial charge in [-0.15, -0.1) is 10.2 Å². The van der Waals surface area contributed by atoms with Gasteiger partial charge in [-0.2, -0.15) is 0 Å². The minimum atomic E-state index is -0.294. The molecule has 2 aromatic rings. The number of urea groups is 1. The Morgan fingerprint density at radius 3 is 3.09 bits per heavy atom. The summed E-state index contributed by atoms with van der Waals surface area (Å²) in [6.45, 7) is 1.67. The van der Waals surface area contributed by atoms with Gasteiger partial charge in [-0.3, -0.25) is 0 Å². The first-order chi connectivity index (χ1) is 11.1. The van der Waals surface area contributed by atoms with Crippen molar-refractivity contribution in [2.24, 2.45) is 7.05 Å². The van der Waals surface area contributed by atoms with E-state index in [9.17, 15) is 9.18 Å². The molecule has 1 aliphatic rings. The lowest BCUT2D eigenvalue weighted by atomic mass is 9.97. The molecule has 0 saturated carbocycles. The second kappa shape index (κ2) is 6.76. The minimum Gasteiger partial charge on any atom is -0.334 e. The number of piperidine rings is 1. The van der Waals surface area contributed by atoms with Crippen molar-refractivity contribution in [3.63, 3.8) is 0 Å². The van der Waals surface area contributed by atoms with Crippen LogP contribution in [0.5, 0.6) is 0 Å². The quantitative estimate of drug-likeness (QED) is 0.942. The molecule has 1 aromatic carbocycles. The topological polar surface area (TPSA) is 63.1 Å². The molecule has 3 rings (SSSR count). The van der Waals surface area contributed by atoms with Gasteiger partial charge in [-0.1, -0.05) is 12.1 Å². The largest absolute Gasteiger partial charge is 0.334 e. The summed E-state index contributed by atoms with van der Waals surface area (Å²) in [6.07, 6.45) is 3.61. The first kappa shape index (κ1) is 15.5. The number of nitrogens with one attached hydrogen (secondary N) is 1. The Morgan fingerprint density at radius 2 is 2.35 bits per heavy atom. The number of likely N-dealkylation sites (tertiary alicyclic amines) is 1. The first-order valence-corrected chi connectivity index (χ1v) is 7.74. The highest BCUT2D eigenvalue weighted by molar-refractivity contribution is 5.74. The second-order valence-corrected chi connectivity index (χ2v) is 5.87. The molecule has 0 unspecified atom stereocenters. The van der Waals surface area contributed by atoms with Crippen molar-refractivity contribution >= 4 is 6.03 Å². The van der Waals surface area contributed by atoms with Gasteiger partial charge < -0.3 is 14.8 Å². The van der Waals surface area contributed by atoms with Gasteiger partial charge in [-0.25, -0.2) is 9.18 Å². The van der Waals surface area contributed by atoms with Gasteiger partial charge in [0.1, 0.15) is 18.0 Å². The molecule has 0 aliphatic carbocycles. The number of aryl methyl sites for hydroxylation is 1. The summed E-state index contributed by atoms with van der Waals surface area (Å²) in [5.41, 5.74) is 0.750. The molecule has 1 atom stereocenters. The number of carbonyl (C=O) groups is 1. The molecule has 122 valence electrons. The van der Waals surface area contributed by atoms with Crippen LogP contribution < -0.4 is 5.32 Å². The molecule has 0 bridgehead atoms. The fourth-order valence-electron chi connectivity index (χ4n) is 2.97. The number of hydrogen-bond donors (Lipinski definition) is 1. The monoisotopic (exact) mass is 317 g/mol. The van der Waals surface area contributed by atoms with Crippen LogP contribution in [0.2, 0.25) is 0 Å². The molecule has 1 fully saturated rings. The Labute approximate surface area is 134 Å². The zero-order valence-electron chi connectivity index (χ0n) is 13.1. The van der Waals surface area contributed by atoms with Crippen LogP contribution in [0.1, 0.15) is 30.1 Å². The Kier molecular flexibility index (Phi) is 4.55. The van der Waals surface area contributed by atoms with Gasteiger partial charge in [0.15, 0.2) is 0 Å². The van der Waals surface area contributed by atoms with E-state index in [0.717, 1.165) is 30.8 Å². The van der Waals surface area contributed by atoms with Gasteiger partial charge in [0.25, 0.3) is 0 Å². The molecule has 23 heavy (non-hydrogen) atoms. The number of rotatable bonds is 3. The summed E-state index contributed by atoms with van der Waals surface area (Å²) in [5.74, 6) is 0.820. The molecule has 0 spiro atoms. The van der Waals surface area contributed by atoms with Crippen molar-refractivity contribution in [1.29, 1.82) is 0 Å². The number of hydrogen-bond acceptors (Lipinski definition) is 3. The maximum absolute atomic E-state index is 13.2. The summed E-state index contributed by atoms with van der Waals surface area (Å²) in [4.78, 5) is 14.1. The summed E-state index contributed by atoms with van der Waals surface area (Å²) in [6, 6.07) is 6.13. The Hall–Kier alpha value is -2.44. The number of amides is 2. The molecular formula is C16H20FN5O. The van der Waals surface area contributed by atoms with E-state index in [1.165, 1.54) is 12.1 Å². The van der Waals surface area contributed by atoms with Gasteiger partial charge in [0, 0.05) is 32.6 Å². The van der Waals surface area contributed by atoms with Crippen LogP contribution in [0.25, 0.3) is 0 Å².